The second-order valence-electron chi connectivity index (χ2n) is 5.30. The van der Waals surface area contributed by atoms with E-state index in [4.69, 9.17) is 10.7 Å². The van der Waals surface area contributed by atoms with Crippen LogP contribution in [-0.4, -0.2) is 9.55 Å². The van der Waals surface area contributed by atoms with E-state index in [2.05, 4.69) is 49.7 Å². The molecule has 0 amide bonds. The zero-order valence-corrected chi connectivity index (χ0v) is 12.1. The molecule has 0 aliphatic rings. The molecule has 0 saturated carbocycles. The number of nitrogens with zero attached hydrogens (tertiary/aromatic N) is 2. The van der Waals surface area contributed by atoms with Crippen molar-refractivity contribution in [2.24, 2.45) is 12.8 Å². The molecule has 3 nitrogen and oxygen atoms in total. The van der Waals surface area contributed by atoms with Crippen molar-refractivity contribution < 1.29 is 0 Å². The molecule has 0 unspecified atom stereocenters. The van der Waals surface area contributed by atoms with Crippen molar-refractivity contribution in [1.29, 1.82) is 0 Å². The summed E-state index contributed by atoms with van der Waals surface area (Å²) in [6.07, 6.45) is 0. The summed E-state index contributed by atoms with van der Waals surface area (Å²) < 4.78 is 2.15. The quantitative estimate of drug-likeness (QED) is 0.772. The summed E-state index contributed by atoms with van der Waals surface area (Å²) in [5, 5.41) is 0. The summed E-state index contributed by atoms with van der Waals surface area (Å²) in [5.74, 6) is 1.00. The molecule has 20 heavy (non-hydrogen) atoms. The lowest BCUT2D eigenvalue weighted by molar-refractivity contribution is 0.957. The molecular weight excluding hydrogens is 246 g/mol. The molecule has 0 radical (unpaired) electrons. The van der Waals surface area contributed by atoms with Crippen molar-refractivity contribution >= 4 is 11.0 Å². The molecule has 1 heterocycles. The molecule has 3 rings (SSSR count). The van der Waals surface area contributed by atoms with Gasteiger partial charge in [-0.1, -0.05) is 29.8 Å². The highest BCUT2D eigenvalue weighted by Crippen LogP contribution is 2.28. The topological polar surface area (TPSA) is 43.8 Å². The van der Waals surface area contributed by atoms with Gasteiger partial charge in [-0.3, -0.25) is 0 Å². The van der Waals surface area contributed by atoms with Gasteiger partial charge in [0.05, 0.1) is 11.0 Å². The van der Waals surface area contributed by atoms with Gasteiger partial charge in [0.15, 0.2) is 0 Å². The molecule has 0 aliphatic heterocycles. The number of hydrogen-bond acceptors (Lipinski definition) is 2. The molecule has 0 spiro atoms. The van der Waals surface area contributed by atoms with Gasteiger partial charge < -0.3 is 10.3 Å². The summed E-state index contributed by atoms with van der Waals surface area (Å²) in [7, 11) is 2.06. The average Bonchev–Trinajstić information content (AvgIpc) is 2.79. The zero-order valence-electron chi connectivity index (χ0n) is 12.1. The van der Waals surface area contributed by atoms with Crippen molar-refractivity contribution in [3.63, 3.8) is 0 Å². The van der Waals surface area contributed by atoms with Gasteiger partial charge in [-0.25, -0.2) is 4.98 Å². The lowest BCUT2D eigenvalue weighted by atomic mass is 10.1. The van der Waals surface area contributed by atoms with E-state index in [0.29, 0.717) is 6.54 Å². The molecule has 102 valence electrons. The van der Waals surface area contributed by atoms with Crippen LogP contribution < -0.4 is 5.73 Å². The van der Waals surface area contributed by atoms with Crippen molar-refractivity contribution in [3.8, 4) is 11.4 Å². The molecule has 0 bridgehead atoms. The normalized spacial score (nSPS) is 11.2. The Balaban J connectivity index is 2.32. The Bertz CT molecular complexity index is 784. The Kier molecular flexibility index (Phi) is 3.07. The molecule has 0 fully saturated rings. The standard InChI is InChI=1S/C17H19N3/c1-11-7-8-12(2)14(9-11)17-19-16-13(10-18)5-4-6-15(16)20(17)3/h4-9H,10,18H2,1-3H3. The smallest absolute Gasteiger partial charge is 0.141 e. The fraction of sp³-hybridized carbons (Fsp3) is 0.235. The van der Waals surface area contributed by atoms with Gasteiger partial charge >= 0.3 is 0 Å². The van der Waals surface area contributed by atoms with E-state index in [1.807, 2.05) is 12.1 Å². The second-order valence-corrected chi connectivity index (χ2v) is 5.30. The number of imidazole rings is 1. The minimum absolute atomic E-state index is 0.514. The first kappa shape index (κ1) is 12.9. The van der Waals surface area contributed by atoms with Crippen LogP contribution in [0.4, 0.5) is 0 Å². The van der Waals surface area contributed by atoms with Gasteiger partial charge in [-0.05, 0) is 37.1 Å². The minimum Gasteiger partial charge on any atom is -0.327 e. The summed E-state index contributed by atoms with van der Waals surface area (Å²) in [4.78, 5) is 4.84. The van der Waals surface area contributed by atoms with Gasteiger partial charge in [0.1, 0.15) is 5.82 Å². The number of aromatic nitrogens is 2. The maximum atomic E-state index is 5.82. The van der Waals surface area contributed by atoms with Crippen LogP contribution in [0.25, 0.3) is 22.4 Å². The highest BCUT2D eigenvalue weighted by molar-refractivity contribution is 5.84. The summed E-state index contributed by atoms with van der Waals surface area (Å²) in [6.45, 7) is 4.75. The fourth-order valence-corrected chi connectivity index (χ4v) is 2.65. The van der Waals surface area contributed by atoms with Gasteiger partial charge in [0.25, 0.3) is 0 Å². The predicted octanol–water partition coefficient (Wildman–Crippen LogP) is 3.32. The van der Waals surface area contributed by atoms with Crippen LogP contribution in [-0.2, 0) is 13.6 Å². The van der Waals surface area contributed by atoms with Gasteiger partial charge in [-0.15, -0.1) is 0 Å². The number of benzene rings is 2. The fourth-order valence-electron chi connectivity index (χ4n) is 2.65. The van der Waals surface area contributed by atoms with E-state index < -0.39 is 0 Å². The van der Waals surface area contributed by atoms with E-state index in [1.54, 1.807) is 0 Å². The van der Waals surface area contributed by atoms with Crippen LogP contribution in [0.5, 0.6) is 0 Å². The number of rotatable bonds is 2. The number of fused-ring (bicyclic) bond motifs is 1. The molecule has 0 saturated heterocycles. The maximum absolute atomic E-state index is 5.82. The lowest BCUT2D eigenvalue weighted by Crippen LogP contribution is -1.97. The van der Waals surface area contributed by atoms with Crippen LogP contribution in [0, 0.1) is 13.8 Å². The number of hydrogen-bond donors (Lipinski definition) is 1. The summed E-state index contributed by atoms with van der Waals surface area (Å²) in [6, 6.07) is 12.6. The Labute approximate surface area is 119 Å². The molecule has 0 aliphatic carbocycles. The maximum Gasteiger partial charge on any atom is 0.141 e. The number of para-hydroxylation sites is 1. The predicted molar refractivity (Wildman–Crippen MR) is 83.5 cm³/mol. The molecule has 3 heteroatoms. The van der Waals surface area contributed by atoms with Crippen LogP contribution in [0.2, 0.25) is 0 Å². The molecule has 3 aromatic rings. The highest BCUT2D eigenvalue weighted by Gasteiger charge is 2.13. The third-order valence-electron chi connectivity index (χ3n) is 3.85. The highest BCUT2D eigenvalue weighted by atomic mass is 15.1. The number of aryl methyl sites for hydroxylation is 3. The Morgan fingerprint density at radius 3 is 2.70 bits per heavy atom. The molecule has 0 atom stereocenters. The molecule has 1 aromatic heterocycles. The van der Waals surface area contributed by atoms with Crippen LogP contribution in [0.3, 0.4) is 0 Å². The Morgan fingerprint density at radius 1 is 1.15 bits per heavy atom. The first-order valence-electron chi connectivity index (χ1n) is 6.84. The van der Waals surface area contributed by atoms with Crippen LogP contribution in [0.1, 0.15) is 16.7 Å². The second kappa shape index (κ2) is 4.76. The SMILES string of the molecule is Cc1ccc(C)c(-c2nc3c(CN)cccc3n2C)c1. The van der Waals surface area contributed by atoms with Gasteiger partial charge in [0.2, 0.25) is 0 Å². The van der Waals surface area contributed by atoms with E-state index in [1.165, 1.54) is 16.7 Å². The zero-order chi connectivity index (χ0) is 14.3. The number of nitrogens with two attached hydrogens (primary N) is 1. The van der Waals surface area contributed by atoms with Crippen molar-refractivity contribution in [1.82, 2.24) is 9.55 Å². The van der Waals surface area contributed by atoms with E-state index in [9.17, 15) is 0 Å². The largest absolute Gasteiger partial charge is 0.327 e. The third kappa shape index (κ3) is 1.91. The van der Waals surface area contributed by atoms with E-state index >= 15 is 0 Å². The first-order chi connectivity index (χ1) is 9.61. The van der Waals surface area contributed by atoms with E-state index in [-0.39, 0.29) is 0 Å². The minimum atomic E-state index is 0.514. The lowest BCUT2D eigenvalue weighted by Gasteiger charge is -2.07. The monoisotopic (exact) mass is 265 g/mol. The van der Waals surface area contributed by atoms with Crippen molar-refractivity contribution in [2.45, 2.75) is 20.4 Å². The summed E-state index contributed by atoms with van der Waals surface area (Å²) in [5.41, 5.74) is 12.7. The van der Waals surface area contributed by atoms with Crippen molar-refractivity contribution in [2.75, 3.05) is 0 Å². The molecular formula is C17H19N3. The van der Waals surface area contributed by atoms with Crippen LogP contribution >= 0.6 is 0 Å². The molecule has 2 N–H and O–H groups in total. The van der Waals surface area contributed by atoms with E-state index in [0.717, 1.165) is 22.4 Å². The molecule has 2 aromatic carbocycles. The first-order valence-corrected chi connectivity index (χ1v) is 6.84. The third-order valence-corrected chi connectivity index (χ3v) is 3.85. The van der Waals surface area contributed by atoms with Gasteiger partial charge in [-0.2, -0.15) is 0 Å². The Hall–Kier alpha value is -2.13. The Morgan fingerprint density at radius 2 is 1.95 bits per heavy atom. The average molecular weight is 265 g/mol. The van der Waals surface area contributed by atoms with Gasteiger partial charge in [0, 0.05) is 19.2 Å². The van der Waals surface area contributed by atoms with Crippen LogP contribution in [0.15, 0.2) is 36.4 Å². The van der Waals surface area contributed by atoms with Crippen molar-refractivity contribution in [3.05, 3.63) is 53.1 Å². The summed E-state index contributed by atoms with van der Waals surface area (Å²) >= 11 is 0.